The van der Waals surface area contributed by atoms with Crippen LogP contribution < -0.4 is 13.6 Å². The molecule has 542 valence electrons. The van der Waals surface area contributed by atoms with Crippen LogP contribution in [0.5, 0.6) is 17.2 Å². The highest BCUT2D eigenvalue weighted by Crippen LogP contribution is 2.53. The zero-order valence-corrected chi connectivity index (χ0v) is 67.2. The molecule has 94 heavy (non-hydrogen) atoms. The summed E-state index contributed by atoms with van der Waals surface area (Å²) in [6.45, 7) is 43.8. The summed E-state index contributed by atoms with van der Waals surface area (Å²) < 4.78 is 23.9. The highest BCUT2D eigenvalue weighted by Gasteiger charge is 2.36. The lowest BCUT2D eigenvalue weighted by atomic mass is 9.75. The third-order valence-electron chi connectivity index (χ3n) is 22.4. The molecule has 0 spiro atoms. The average Bonchev–Trinajstić information content (AvgIpc) is 0.794. The van der Waals surface area contributed by atoms with Gasteiger partial charge in [-0.25, -0.2) is 0 Å². The minimum atomic E-state index is -2.06. The van der Waals surface area contributed by atoms with E-state index in [1.807, 2.05) is 0 Å². The van der Waals surface area contributed by atoms with Crippen molar-refractivity contribution in [2.75, 3.05) is 0 Å². The van der Waals surface area contributed by atoms with Crippen LogP contribution >= 0.6 is 8.60 Å². The van der Waals surface area contributed by atoms with Crippen molar-refractivity contribution in [3.8, 4) is 17.2 Å². The van der Waals surface area contributed by atoms with Crippen LogP contribution in [0.25, 0.3) is 0 Å². The predicted molar refractivity (Wildman–Crippen MR) is 422 cm³/mol. The van der Waals surface area contributed by atoms with Gasteiger partial charge in [-0.15, -0.1) is 0 Å². The van der Waals surface area contributed by atoms with E-state index in [-0.39, 0.29) is 32.5 Å². The Labute approximate surface area is 589 Å². The fourth-order valence-corrected chi connectivity index (χ4v) is 16.1. The van der Waals surface area contributed by atoms with Crippen LogP contribution in [0.15, 0.2) is 54.6 Å². The first kappa shape index (κ1) is 85.7. The molecule has 0 aliphatic carbocycles. The third kappa shape index (κ3) is 33.6. The normalized spacial score (nSPS) is 12.8. The van der Waals surface area contributed by atoms with Gasteiger partial charge in [0.25, 0.3) is 0 Å². The van der Waals surface area contributed by atoms with Crippen molar-refractivity contribution in [1.82, 2.24) is 0 Å². The molecular weight excluding hydrogens is 1160 g/mol. The molecule has 0 amide bonds. The summed E-state index contributed by atoms with van der Waals surface area (Å²) in [6.07, 6.45) is 61.9. The van der Waals surface area contributed by atoms with Crippen molar-refractivity contribution < 1.29 is 13.6 Å². The number of hydrogen-bond acceptors (Lipinski definition) is 3. The second kappa shape index (κ2) is 47.5. The monoisotopic (exact) mass is 1320 g/mol. The molecule has 0 aromatic heterocycles. The molecule has 0 heterocycles. The van der Waals surface area contributed by atoms with Crippen LogP contribution in [-0.2, 0) is 32.5 Å². The highest BCUT2D eigenvalue weighted by molar-refractivity contribution is 7.43. The van der Waals surface area contributed by atoms with E-state index >= 15 is 0 Å². The Balaban J connectivity index is 2.43. The predicted octanol–water partition coefficient (Wildman–Crippen LogP) is 32.0. The van der Waals surface area contributed by atoms with Crippen molar-refractivity contribution in [3.05, 3.63) is 88.0 Å². The quantitative estimate of drug-likeness (QED) is 0.0416. The molecular formula is C90H159O3P. The van der Waals surface area contributed by atoms with Crippen molar-refractivity contribution in [3.63, 3.8) is 0 Å². The first-order chi connectivity index (χ1) is 44.9. The van der Waals surface area contributed by atoms with Crippen LogP contribution in [0.1, 0.15) is 466 Å². The maximum absolute atomic E-state index is 7.96. The van der Waals surface area contributed by atoms with Gasteiger partial charge in [0.1, 0.15) is 17.2 Å². The van der Waals surface area contributed by atoms with Gasteiger partial charge in [0, 0.05) is 16.7 Å². The highest BCUT2D eigenvalue weighted by atomic mass is 31.2. The van der Waals surface area contributed by atoms with Crippen LogP contribution in [-0.4, -0.2) is 0 Å². The summed E-state index contributed by atoms with van der Waals surface area (Å²) in [4.78, 5) is 0. The fraction of sp³-hybridized carbons (Fsp3) is 0.800. The van der Waals surface area contributed by atoms with E-state index in [4.69, 9.17) is 13.6 Å². The molecule has 0 saturated heterocycles. The Morgan fingerprint density at radius 3 is 0.553 bits per heavy atom. The van der Waals surface area contributed by atoms with Gasteiger partial charge in [-0.2, -0.15) is 0 Å². The summed E-state index contributed by atoms with van der Waals surface area (Å²) in [5, 5.41) is 0. The smallest absolute Gasteiger partial charge is 0.408 e. The lowest BCUT2D eigenvalue weighted by Crippen LogP contribution is -2.23. The molecule has 4 heteroatoms. The molecule has 0 bridgehead atoms. The van der Waals surface area contributed by atoms with E-state index < -0.39 is 8.60 Å². The lowest BCUT2D eigenvalue weighted by Gasteiger charge is -2.34. The second-order valence-corrected chi connectivity index (χ2v) is 35.2. The summed E-state index contributed by atoms with van der Waals surface area (Å²) in [6, 6.07) is 22.2. The molecule has 0 saturated carbocycles. The molecule has 0 fully saturated rings. The summed E-state index contributed by atoms with van der Waals surface area (Å²) in [5.74, 6) is 2.84. The molecule has 0 aliphatic heterocycles. The van der Waals surface area contributed by atoms with E-state index in [9.17, 15) is 0 Å². The molecule has 3 rings (SSSR count). The molecule has 3 aromatic rings. The fourth-order valence-electron chi connectivity index (χ4n) is 15.0. The maximum Gasteiger partial charge on any atom is 0.530 e. The molecule has 0 unspecified atom stereocenters. The van der Waals surface area contributed by atoms with Gasteiger partial charge >= 0.3 is 8.60 Å². The zero-order chi connectivity index (χ0) is 69.2. The molecule has 3 nitrogen and oxygen atoms in total. The standard InChI is InChI=1S/C90H159O3P/c1-19-25-31-37-43-49-55-67-85(7,8)76-61-64-79(88(13,14)70-58-52-46-40-34-28-22-4)82(73-76)91-94(92-83-74-77(86(9,10)68-56-50-44-38-32-26-20-2)62-65-80(83)89(15,16)71-59-53-47-41-35-29-23-5)93-84-75-78(87(11,12)69-57-51-45-39-33-27-21-3)63-66-81(84)90(17,18)72-60-54-48-42-36-30-24-6/h61-66,73-75H,19-60,67-72H2,1-18H3. The van der Waals surface area contributed by atoms with E-state index in [2.05, 4.69) is 179 Å². The number of hydrogen-bond donors (Lipinski definition) is 0. The number of benzene rings is 3. The van der Waals surface area contributed by atoms with Gasteiger partial charge in [0.15, 0.2) is 0 Å². The van der Waals surface area contributed by atoms with E-state index in [1.54, 1.807) is 0 Å². The summed E-state index contributed by atoms with van der Waals surface area (Å²) in [5.41, 5.74) is 7.43. The molecule has 0 aliphatic rings. The van der Waals surface area contributed by atoms with Crippen molar-refractivity contribution in [2.45, 2.75) is 465 Å². The van der Waals surface area contributed by atoms with Gasteiger partial charge in [-0.05, 0) is 106 Å². The molecule has 0 atom stereocenters. The van der Waals surface area contributed by atoms with Crippen molar-refractivity contribution in [2.24, 2.45) is 0 Å². The van der Waals surface area contributed by atoms with Gasteiger partial charge < -0.3 is 13.6 Å². The van der Waals surface area contributed by atoms with Crippen LogP contribution in [0, 0.1) is 0 Å². The van der Waals surface area contributed by atoms with Gasteiger partial charge in [-0.1, -0.05) is 431 Å². The third-order valence-corrected chi connectivity index (χ3v) is 23.5. The minimum Gasteiger partial charge on any atom is -0.408 e. The van der Waals surface area contributed by atoms with Gasteiger partial charge in [0.2, 0.25) is 0 Å². The SMILES string of the molecule is CCCCCCCCCC(C)(C)c1ccc(C(C)(C)CCCCCCCCC)c(OP(Oc2cc(C(C)(C)CCCCCCCCC)ccc2C(C)(C)CCCCCCCCC)Oc2cc(C(C)(C)CCCCCCCCC)ccc2C(C)(C)CCCCCCCCC)c1. The Morgan fingerprint density at radius 1 is 0.213 bits per heavy atom. The molecule has 0 N–H and O–H groups in total. The average molecular weight is 1320 g/mol. The van der Waals surface area contributed by atoms with E-state index in [1.165, 1.54) is 303 Å². The van der Waals surface area contributed by atoms with Crippen molar-refractivity contribution >= 4 is 8.60 Å². The zero-order valence-electron chi connectivity index (χ0n) is 66.3. The lowest BCUT2D eigenvalue weighted by molar-refractivity contribution is 0.355. The Hall–Kier alpha value is -2.51. The molecule has 0 radical (unpaired) electrons. The van der Waals surface area contributed by atoms with Crippen molar-refractivity contribution in [1.29, 1.82) is 0 Å². The van der Waals surface area contributed by atoms with Crippen LogP contribution in [0.2, 0.25) is 0 Å². The topological polar surface area (TPSA) is 27.7 Å². The first-order valence-corrected chi connectivity index (χ1v) is 42.3. The molecule has 3 aromatic carbocycles. The Kier molecular flexibility index (Phi) is 43.3. The Morgan fingerprint density at radius 2 is 0.372 bits per heavy atom. The largest absolute Gasteiger partial charge is 0.530 e. The first-order valence-electron chi connectivity index (χ1n) is 41.2. The number of rotatable bonds is 60. The second-order valence-electron chi connectivity index (χ2n) is 34.2. The maximum atomic E-state index is 7.96. The van der Waals surface area contributed by atoms with E-state index in [0.29, 0.717) is 0 Å². The van der Waals surface area contributed by atoms with Gasteiger partial charge in [0.05, 0.1) is 0 Å². The van der Waals surface area contributed by atoms with E-state index in [0.717, 1.165) is 55.8 Å². The summed E-state index contributed by atoms with van der Waals surface area (Å²) >= 11 is 0. The summed E-state index contributed by atoms with van der Waals surface area (Å²) in [7, 11) is -2.06. The minimum absolute atomic E-state index is 0.0294. The van der Waals surface area contributed by atoms with Crippen LogP contribution in [0.3, 0.4) is 0 Å². The van der Waals surface area contributed by atoms with Crippen LogP contribution in [0.4, 0.5) is 0 Å². The van der Waals surface area contributed by atoms with Gasteiger partial charge in [-0.3, -0.25) is 0 Å². The number of unbranched alkanes of at least 4 members (excludes halogenated alkanes) is 36. The Bertz CT molecular complexity index is 2110.